The highest BCUT2D eigenvalue weighted by Crippen LogP contribution is 2.32. The summed E-state index contributed by atoms with van der Waals surface area (Å²) in [7, 11) is 0. The number of rotatable bonds is 6. The van der Waals surface area contributed by atoms with Crippen LogP contribution in [0.2, 0.25) is 5.02 Å². The standard InChI is InChI=1S/C22H26ClN3O3/c1-16(18-3-5-19(23)6-4-18)24-13-22(27)26-10-8-25(9-11-26)14-17-2-7-20-21(12-17)29-15-28-20/h2-7,12,16,24H,8-11,13-15H2,1H3/p+2/t16-/m0/s1. The van der Waals surface area contributed by atoms with Crippen molar-refractivity contribution in [3.8, 4) is 11.5 Å². The molecule has 0 unspecified atom stereocenters. The lowest BCUT2D eigenvalue weighted by atomic mass is 10.1. The Morgan fingerprint density at radius 2 is 1.86 bits per heavy atom. The van der Waals surface area contributed by atoms with E-state index >= 15 is 0 Å². The number of quaternary nitrogens is 2. The van der Waals surface area contributed by atoms with E-state index in [-0.39, 0.29) is 11.9 Å². The Balaban J connectivity index is 1.21. The predicted octanol–water partition coefficient (Wildman–Crippen LogP) is 0.620. The molecule has 29 heavy (non-hydrogen) atoms. The molecule has 0 spiro atoms. The van der Waals surface area contributed by atoms with E-state index < -0.39 is 0 Å². The number of hydrogen-bond donors (Lipinski definition) is 2. The Labute approximate surface area is 176 Å². The van der Waals surface area contributed by atoms with Crippen molar-refractivity contribution in [2.45, 2.75) is 19.5 Å². The monoisotopic (exact) mass is 417 g/mol. The second kappa shape index (κ2) is 9.03. The highest BCUT2D eigenvalue weighted by atomic mass is 35.5. The van der Waals surface area contributed by atoms with Crippen molar-refractivity contribution in [3.05, 3.63) is 58.6 Å². The number of benzene rings is 2. The first-order valence-corrected chi connectivity index (χ1v) is 10.5. The number of carbonyl (C=O) groups is 1. The lowest BCUT2D eigenvalue weighted by molar-refractivity contribution is -0.917. The van der Waals surface area contributed by atoms with Crippen LogP contribution >= 0.6 is 11.6 Å². The molecule has 3 N–H and O–H groups in total. The summed E-state index contributed by atoms with van der Waals surface area (Å²) in [6.45, 7) is 7.38. The number of ether oxygens (including phenoxy) is 2. The van der Waals surface area contributed by atoms with Crippen molar-refractivity contribution in [1.82, 2.24) is 4.90 Å². The minimum atomic E-state index is 0.216. The van der Waals surface area contributed by atoms with Gasteiger partial charge in [0, 0.05) is 16.1 Å². The molecular formula is C22H28ClN3O3+2. The maximum Gasteiger partial charge on any atom is 0.278 e. The van der Waals surface area contributed by atoms with Crippen LogP contribution in [0.25, 0.3) is 0 Å². The third-order valence-corrected chi connectivity index (χ3v) is 6.01. The second-order valence-corrected chi connectivity index (χ2v) is 8.21. The van der Waals surface area contributed by atoms with E-state index in [1.54, 1.807) is 0 Å². The lowest BCUT2D eigenvalue weighted by Crippen LogP contribution is -3.13. The van der Waals surface area contributed by atoms with Gasteiger partial charge in [-0.05, 0) is 37.3 Å². The number of fused-ring (bicyclic) bond motifs is 1. The first-order chi connectivity index (χ1) is 14.1. The van der Waals surface area contributed by atoms with Crippen molar-refractivity contribution < 1.29 is 24.5 Å². The first-order valence-electron chi connectivity index (χ1n) is 10.2. The van der Waals surface area contributed by atoms with Gasteiger partial charge in [0.05, 0.1) is 26.2 Å². The van der Waals surface area contributed by atoms with Crippen molar-refractivity contribution in [1.29, 1.82) is 0 Å². The Morgan fingerprint density at radius 1 is 1.14 bits per heavy atom. The molecule has 1 atom stereocenters. The van der Waals surface area contributed by atoms with E-state index in [0.717, 1.165) is 49.2 Å². The Kier molecular flexibility index (Phi) is 6.23. The van der Waals surface area contributed by atoms with E-state index in [1.807, 2.05) is 35.2 Å². The number of nitrogens with two attached hydrogens (primary N) is 1. The molecule has 1 saturated heterocycles. The Hall–Kier alpha value is -2.28. The summed E-state index contributed by atoms with van der Waals surface area (Å²) in [5.74, 6) is 1.87. The van der Waals surface area contributed by atoms with Crippen LogP contribution in [-0.4, -0.2) is 50.3 Å². The zero-order valence-electron chi connectivity index (χ0n) is 16.7. The summed E-state index contributed by atoms with van der Waals surface area (Å²) in [6.07, 6.45) is 0. The molecule has 0 saturated carbocycles. The van der Waals surface area contributed by atoms with E-state index in [0.29, 0.717) is 13.3 Å². The normalized spacial score (nSPS) is 17.4. The molecule has 154 valence electrons. The summed E-state index contributed by atoms with van der Waals surface area (Å²) in [4.78, 5) is 16.1. The van der Waals surface area contributed by atoms with Crippen LogP contribution in [-0.2, 0) is 11.3 Å². The summed E-state index contributed by atoms with van der Waals surface area (Å²) in [6, 6.07) is 14.2. The summed E-state index contributed by atoms with van der Waals surface area (Å²) < 4.78 is 10.8. The smallest absolute Gasteiger partial charge is 0.278 e. The molecule has 2 aliphatic heterocycles. The zero-order valence-corrected chi connectivity index (χ0v) is 17.5. The van der Waals surface area contributed by atoms with Gasteiger partial charge in [0.1, 0.15) is 12.6 Å². The number of nitrogens with zero attached hydrogens (tertiary/aromatic N) is 1. The predicted molar refractivity (Wildman–Crippen MR) is 110 cm³/mol. The topological polar surface area (TPSA) is 59.8 Å². The molecule has 2 aromatic rings. The molecule has 0 bridgehead atoms. The molecule has 2 heterocycles. The number of amides is 1. The summed E-state index contributed by atoms with van der Waals surface area (Å²) in [5, 5.41) is 2.83. The zero-order chi connectivity index (χ0) is 20.2. The molecule has 2 aliphatic rings. The van der Waals surface area contributed by atoms with Crippen LogP contribution in [0.3, 0.4) is 0 Å². The molecule has 1 amide bonds. The fourth-order valence-corrected chi connectivity index (χ4v) is 4.02. The summed E-state index contributed by atoms with van der Waals surface area (Å²) >= 11 is 5.95. The molecule has 7 heteroatoms. The Bertz CT molecular complexity index is 851. The van der Waals surface area contributed by atoms with Crippen molar-refractivity contribution in [2.75, 3.05) is 39.5 Å². The molecule has 0 radical (unpaired) electrons. The maximum atomic E-state index is 12.6. The quantitative estimate of drug-likeness (QED) is 0.724. The lowest BCUT2D eigenvalue weighted by Gasteiger charge is -2.32. The SMILES string of the molecule is C[C@H]([NH2+]CC(=O)N1CC[NH+](Cc2ccc3c(c2)OCO3)CC1)c1ccc(Cl)cc1. The van der Waals surface area contributed by atoms with Crippen molar-refractivity contribution in [2.24, 2.45) is 0 Å². The number of nitrogens with one attached hydrogen (secondary N) is 1. The van der Waals surface area contributed by atoms with Crippen LogP contribution < -0.4 is 19.7 Å². The van der Waals surface area contributed by atoms with Crippen molar-refractivity contribution >= 4 is 17.5 Å². The van der Waals surface area contributed by atoms with Gasteiger partial charge in [-0.2, -0.15) is 0 Å². The number of hydrogen-bond acceptors (Lipinski definition) is 3. The van der Waals surface area contributed by atoms with E-state index in [4.69, 9.17) is 21.1 Å². The molecular weight excluding hydrogens is 390 g/mol. The highest BCUT2D eigenvalue weighted by molar-refractivity contribution is 6.30. The second-order valence-electron chi connectivity index (χ2n) is 7.78. The van der Waals surface area contributed by atoms with Crippen LogP contribution in [0.5, 0.6) is 11.5 Å². The molecule has 1 fully saturated rings. The van der Waals surface area contributed by atoms with Crippen molar-refractivity contribution in [3.63, 3.8) is 0 Å². The van der Waals surface area contributed by atoms with Gasteiger partial charge in [-0.3, -0.25) is 4.79 Å². The van der Waals surface area contributed by atoms with Gasteiger partial charge in [0.2, 0.25) is 6.79 Å². The van der Waals surface area contributed by atoms with Gasteiger partial charge in [0.25, 0.3) is 5.91 Å². The van der Waals surface area contributed by atoms with Crippen LogP contribution in [0, 0.1) is 0 Å². The van der Waals surface area contributed by atoms with Gasteiger partial charge in [-0.15, -0.1) is 0 Å². The highest BCUT2D eigenvalue weighted by Gasteiger charge is 2.25. The minimum absolute atomic E-state index is 0.216. The van der Waals surface area contributed by atoms with Gasteiger partial charge in [-0.1, -0.05) is 23.7 Å². The number of halogens is 1. The maximum absolute atomic E-state index is 12.6. The fraction of sp³-hybridized carbons (Fsp3) is 0.409. The number of carbonyl (C=O) groups excluding carboxylic acids is 1. The van der Waals surface area contributed by atoms with E-state index in [2.05, 4.69) is 24.4 Å². The van der Waals surface area contributed by atoms with Gasteiger partial charge >= 0.3 is 0 Å². The third-order valence-electron chi connectivity index (χ3n) is 5.76. The number of piperazine rings is 1. The molecule has 4 rings (SSSR count). The van der Waals surface area contributed by atoms with Gasteiger partial charge < -0.3 is 24.6 Å². The molecule has 6 nitrogen and oxygen atoms in total. The Morgan fingerprint density at radius 3 is 2.62 bits per heavy atom. The molecule has 0 aliphatic carbocycles. The largest absolute Gasteiger partial charge is 0.454 e. The average Bonchev–Trinajstić information content (AvgIpc) is 3.21. The van der Waals surface area contributed by atoms with Crippen LogP contribution in [0.15, 0.2) is 42.5 Å². The van der Waals surface area contributed by atoms with Crippen LogP contribution in [0.1, 0.15) is 24.1 Å². The third kappa shape index (κ3) is 5.01. The fourth-order valence-electron chi connectivity index (χ4n) is 3.90. The van der Waals surface area contributed by atoms with E-state index in [9.17, 15) is 4.79 Å². The van der Waals surface area contributed by atoms with E-state index in [1.165, 1.54) is 16.0 Å². The summed E-state index contributed by atoms with van der Waals surface area (Å²) in [5.41, 5.74) is 2.43. The molecule has 0 aromatic heterocycles. The first kappa shape index (κ1) is 20.0. The molecule has 2 aromatic carbocycles. The van der Waals surface area contributed by atoms with Gasteiger partial charge in [-0.25, -0.2) is 0 Å². The van der Waals surface area contributed by atoms with Crippen LogP contribution in [0.4, 0.5) is 0 Å². The van der Waals surface area contributed by atoms with Gasteiger partial charge in [0.15, 0.2) is 18.0 Å². The average molecular weight is 418 g/mol. The minimum Gasteiger partial charge on any atom is -0.454 e.